The highest BCUT2D eigenvalue weighted by Crippen LogP contribution is 2.24. The second kappa shape index (κ2) is 6.49. The minimum atomic E-state index is -0.637. The van der Waals surface area contributed by atoms with Crippen LogP contribution in [-0.2, 0) is 6.42 Å². The van der Waals surface area contributed by atoms with Gasteiger partial charge in [0.1, 0.15) is 22.3 Å². The average molecular weight is 312 g/mol. The van der Waals surface area contributed by atoms with Crippen LogP contribution in [0.15, 0.2) is 18.2 Å². The van der Waals surface area contributed by atoms with E-state index in [2.05, 4.69) is 15.6 Å². The molecule has 2 rings (SSSR count). The predicted molar refractivity (Wildman–Crippen MR) is 78.5 cm³/mol. The average Bonchev–Trinajstić information content (AvgIpc) is 2.79. The molecule has 0 spiro atoms. The lowest BCUT2D eigenvalue weighted by molar-refractivity contribution is 0.0959. The molecule has 0 aliphatic heterocycles. The Kier molecular flexibility index (Phi) is 4.69. The summed E-state index contributed by atoms with van der Waals surface area (Å²) in [6, 6.07) is 3.27. The Balaban J connectivity index is 1.93. The molecule has 112 valence electrons. The van der Waals surface area contributed by atoms with E-state index in [0.717, 1.165) is 17.4 Å². The van der Waals surface area contributed by atoms with Crippen LogP contribution in [0.1, 0.15) is 15.2 Å². The van der Waals surface area contributed by atoms with Gasteiger partial charge in [-0.15, -0.1) is 0 Å². The summed E-state index contributed by atoms with van der Waals surface area (Å²) in [5.74, 6) is -1.48. The smallest absolute Gasteiger partial charge is 0.265 e. The number of nitrogen functional groups attached to an aromatic ring is 1. The standard InChI is InChI=1S/C13H14F2N4OS/c1-17-13-19-11(16)10(21-13)12(20)18-3-2-7-4-8(14)6-9(15)5-7/h4-6H,2-3,16H2,1H3,(H,17,19)(H,18,20). The molecule has 5 nitrogen and oxygen atoms in total. The molecule has 8 heteroatoms. The van der Waals surface area contributed by atoms with E-state index in [4.69, 9.17) is 5.73 Å². The van der Waals surface area contributed by atoms with Crippen LogP contribution in [0.5, 0.6) is 0 Å². The second-order valence-corrected chi connectivity index (χ2v) is 5.27. The van der Waals surface area contributed by atoms with Crippen LogP contribution in [0.25, 0.3) is 0 Å². The van der Waals surface area contributed by atoms with E-state index >= 15 is 0 Å². The van der Waals surface area contributed by atoms with Crippen molar-refractivity contribution in [2.45, 2.75) is 6.42 Å². The molecule has 21 heavy (non-hydrogen) atoms. The first kappa shape index (κ1) is 15.2. The topological polar surface area (TPSA) is 80.0 Å². The molecule has 4 N–H and O–H groups in total. The third-order valence-corrected chi connectivity index (χ3v) is 3.78. The predicted octanol–water partition coefficient (Wildman–Crippen LogP) is 2.02. The number of anilines is 2. The van der Waals surface area contributed by atoms with Crippen molar-refractivity contribution in [1.82, 2.24) is 10.3 Å². The van der Waals surface area contributed by atoms with Crippen molar-refractivity contribution in [1.29, 1.82) is 0 Å². The number of carbonyl (C=O) groups excluding carboxylic acids is 1. The van der Waals surface area contributed by atoms with Gasteiger partial charge < -0.3 is 16.4 Å². The highest BCUT2D eigenvalue weighted by molar-refractivity contribution is 7.18. The highest BCUT2D eigenvalue weighted by atomic mass is 32.1. The number of nitrogens with one attached hydrogen (secondary N) is 2. The number of halogens is 2. The van der Waals surface area contributed by atoms with E-state index in [1.807, 2.05) is 0 Å². The molecule has 0 fully saturated rings. The largest absolute Gasteiger partial charge is 0.382 e. The number of amides is 1. The van der Waals surface area contributed by atoms with Gasteiger partial charge in [-0.05, 0) is 24.1 Å². The molecule has 1 aromatic heterocycles. The molecule has 1 heterocycles. The first-order valence-electron chi connectivity index (χ1n) is 6.17. The van der Waals surface area contributed by atoms with Crippen LogP contribution in [-0.4, -0.2) is 24.5 Å². The zero-order valence-electron chi connectivity index (χ0n) is 11.2. The first-order chi connectivity index (χ1) is 9.99. The minimum absolute atomic E-state index is 0.152. The molecule has 0 saturated carbocycles. The zero-order chi connectivity index (χ0) is 15.4. The van der Waals surface area contributed by atoms with Gasteiger partial charge in [-0.25, -0.2) is 13.8 Å². The molecule has 1 amide bonds. The Morgan fingerprint density at radius 2 is 2.00 bits per heavy atom. The Bertz CT molecular complexity index is 639. The molecular weight excluding hydrogens is 298 g/mol. The third-order valence-electron chi connectivity index (χ3n) is 2.70. The van der Waals surface area contributed by atoms with E-state index in [1.54, 1.807) is 7.05 Å². The molecule has 0 radical (unpaired) electrons. The number of nitrogens with two attached hydrogens (primary N) is 1. The summed E-state index contributed by atoms with van der Waals surface area (Å²) in [6.45, 7) is 0.244. The lowest BCUT2D eigenvalue weighted by Gasteiger charge is -2.05. The fraction of sp³-hybridized carbons (Fsp3) is 0.231. The summed E-state index contributed by atoms with van der Waals surface area (Å²) in [7, 11) is 1.68. The summed E-state index contributed by atoms with van der Waals surface area (Å²) >= 11 is 1.14. The minimum Gasteiger partial charge on any atom is -0.382 e. The summed E-state index contributed by atoms with van der Waals surface area (Å²) in [4.78, 5) is 16.2. The maximum absolute atomic E-state index is 13.0. The Labute approximate surface area is 124 Å². The van der Waals surface area contributed by atoms with Gasteiger partial charge in [0.2, 0.25) is 0 Å². The third kappa shape index (κ3) is 3.88. The van der Waals surface area contributed by atoms with Crippen LogP contribution in [0, 0.1) is 11.6 Å². The molecular formula is C13H14F2N4OS. The van der Waals surface area contributed by atoms with Crippen molar-refractivity contribution in [2.24, 2.45) is 0 Å². The summed E-state index contributed by atoms with van der Waals surface area (Å²) in [5.41, 5.74) is 6.11. The van der Waals surface area contributed by atoms with Crippen LogP contribution in [0.4, 0.5) is 19.7 Å². The molecule has 0 aliphatic carbocycles. The zero-order valence-corrected chi connectivity index (χ0v) is 12.1. The van der Waals surface area contributed by atoms with Gasteiger partial charge in [0.05, 0.1) is 0 Å². The molecule has 0 aliphatic rings. The van der Waals surface area contributed by atoms with Crippen LogP contribution in [0.2, 0.25) is 0 Å². The van der Waals surface area contributed by atoms with Crippen molar-refractivity contribution < 1.29 is 13.6 Å². The van der Waals surface area contributed by atoms with E-state index < -0.39 is 11.6 Å². The van der Waals surface area contributed by atoms with E-state index in [9.17, 15) is 13.6 Å². The molecule has 2 aromatic rings. The van der Waals surface area contributed by atoms with Crippen molar-refractivity contribution in [3.8, 4) is 0 Å². The Hall–Kier alpha value is -2.22. The molecule has 1 aromatic carbocycles. The Morgan fingerprint density at radius 3 is 2.57 bits per heavy atom. The van der Waals surface area contributed by atoms with Gasteiger partial charge in [-0.3, -0.25) is 4.79 Å². The maximum atomic E-state index is 13.0. The van der Waals surface area contributed by atoms with Crippen LogP contribution < -0.4 is 16.4 Å². The van der Waals surface area contributed by atoms with E-state index in [-0.39, 0.29) is 18.3 Å². The fourth-order valence-electron chi connectivity index (χ4n) is 1.76. The second-order valence-electron chi connectivity index (χ2n) is 4.27. The van der Waals surface area contributed by atoms with Gasteiger partial charge in [0.15, 0.2) is 5.13 Å². The SMILES string of the molecule is CNc1nc(N)c(C(=O)NCCc2cc(F)cc(F)c2)s1. The number of aromatic nitrogens is 1. The molecule has 0 atom stereocenters. The summed E-state index contributed by atoms with van der Waals surface area (Å²) < 4.78 is 26.0. The van der Waals surface area contributed by atoms with Crippen molar-refractivity contribution >= 4 is 28.2 Å². The monoisotopic (exact) mass is 312 g/mol. The number of benzene rings is 1. The fourth-order valence-corrected chi connectivity index (χ4v) is 2.51. The van der Waals surface area contributed by atoms with E-state index in [1.165, 1.54) is 12.1 Å². The van der Waals surface area contributed by atoms with Crippen LogP contribution in [0.3, 0.4) is 0 Å². The maximum Gasteiger partial charge on any atom is 0.265 e. The first-order valence-corrected chi connectivity index (χ1v) is 6.98. The van der Waals surface area contributed by atoms with Gasteiger partial charge in [0.25, 0.3) is 5.91 Å². The summed E-state index contributed by atoms with van der Waals surface area (Å²) in [6.07, 6.45) is 0.317. The molecule has 0 unspecified atom stereocenters. The quantitative estimate of drug-likeness (QED) is 0.789. The van der Waals surface area contributed by atoms with Crippen molar-refractivity contribution in [3.05, 3.63) is 40.3 Å². The van der Waals surface area contributed by atoms with Crippen molar-refractivity contribution in [2.75, 3.05) is 24.6 Å². The van der Waals surface area contributed by atoms with Crippen molar-refractivity contribution in [3.63, 3.8) is 0 Å². The summed E-state index contributed by atoms with van der Waals surface area (Å²) in [5, 5.41) is 5.99. The molecule has 0 saturated heterocycles. The van der Waals surface area contributed by atoms with Gasteiger partial charge in [-0.1, -0.05) is 11.3 Å². The van der Waals surface area contributed by atoms with E-state index in [0.29, 0.717) is 22.0 Å². The number of nitrogens with zero attached hydrogens (tertiary/aromatic N) is 1. The number of hydrogen-bond acceptors (Lipinski definition) is 5. The highest BCUT2D eigenvalue weighted by Gasteiger charge is 2.15. The lowest BCUT2D eigenvalue weighted by Crippen LogP contribution is -2.25. The number of rotatable bonds is 5. The Morgan fingerprint density at radius 1 is 1.33 bits per heavy atom. The number of thiazole rings is 1. The van der Waals surface area contributed by atoms with Gasteiger partial charge in [-0.2, -0.15) is 0 Å². The molecule has 0 bridgehead atoms. The van der Waals surface area contributed by atoms with Crippen LogP contribution >= 0.6 is 11.3 Å². The van der Waals surface area contributed by atoms with Gasteiger partial charge >= 0.3 is 0 Å². The normalized spacial score (nSPS) is 10.4. The number of carbonyl (C=O) groups is 1. The lowest BCUT2D eigenvalue weighted by atomic mass is 10.1. The number of hydrogen-bond donors (Lipinski definition) is 3. The van der Waals surface area contributed by atoms with Gasteiger partial charge in [0, 0.05) is 19.7 Å².